The van der Waals surface area contributed by atoms with E-state index in [1.165, 1.54) is 57.8 Å². The Balaban J connectivity index is 4.45. The second-order valence-corrected chi connectivity index (χ2v) is 15.4. The second-order valence-electron chi connectivity index (χ2n) is 13.9. The van der Waals surface area contributed by atoms with Crippen molar-refractivity contribution in [1.29, 1.82) is 0 Å². The molecule has 0 N–H and O–H groups in total. The van der Waals surface area contributed by atoms with Crippen LogP contribution in [0.2, 0.25) is 0 Å². The fraction of sp³-hybridized carbons (Fsp3) is 0.795. The van der Waals surface area contributed by atoms with E-state index in [0.717, 1.165) is 57.8 Å². The first kappa shape index (κ1) is 47.2. The minimum absolute atomic E-state index is 0.0354. The van der Waals surface area contributed by atoms with Crippen LogP contribution in [0.3, 0.4) is 0 Å². The zero-order chi connectivity index (χ0) is 36.5. The minimum atomic E-state index is -4.62. The molecular formula is C39H72NO8P. The maximum absolute atomic E-state index is 12.6. The summed E-state index contributed by atoms with van der Waals surface area (Å²) in [5.41, 5.74) is 0. The Kier molecular flexibility index (Phi) is 31.0. The fourth-order valence-electron chi connectivity index (χ4n) is 4.84. The summed E-state index contributed by atoms with van der Waals surface area (Å²) in [6.07, 6.45) is 33.2. The summed E-state index contributed by atoms with van der Waals surface area (Å²) in [5.74, 6) is -0.867. The Labute approximate surface area is 300 Å². The first-order chi connectivity index (χ1) is 23.5. The number of ether oxygens (including phenoxy) is 2. The quantitative estimate of drug-likeness (QED) is 0.0213. The van der Waals surface area contributed by atoms with Gasteiger partial charge in [-0.2, -0.15) is 0 Å². The van der Waals surface area contributed by atoms with E-state index in [-0.39, 0.29) is 26.1 Å². The fourth-order valence-corrected chi connectivity index (χ4v) is 5.56. The molecule has 0 fully saturated rings. The maximum atomic E-state index is 12.6. The van der Waals surface area contributed by atoms with Crippen LogP contribution in [0, 0.1) is 0 Å². The first-order valence-corrected chi connectivity index (χ1v) is 20.7. The summed E-state index contributed by atoms with van der Waals surface area (Å²) in [7, 11) is 1.14. The molecule has 0 saturated carbocycles. The molecule has 10 heteroatoms. The first-order valence-electron chi connectivity index (χ1n) is 19.2. The average molecular weight is 714 g/mol. The van der Waals surface area contributed by atoms with Crippen molar-refractivity contribution in [2.24, 2.45) is 0 Å². The third-order valence-corrected chi connectivity index (χ3v) is 8.88. The van der Waals surface area contributed by atoms with Crippen LogP contribution in [0.5, 0.6) is 0 Å². The smallest absolute Gasteiger partial charge is 0.306 e. The summed E-state index contributed by atoms with van der Waals surface area (Å²) in [6, 6.07) is 0. The maximum Gasteiger partial charge on any atom is 0.306 e. The minimum Gasteiger partial charge on any atom is -0.756 e. The molecule has 286 valence electrons. The van der Waals surface area contributed by atoms with Crippen molar-refractivity contribution in [2.75, 3.05) is 47.5 Å². The van der Waals surface area contributed by atoms with Crippen molar-refractivity contribution < 1.29 is 42.1 Å². The van der Waals surface area contributed by atoms with Crippen molar-refractivity contribution in [2.45, 2.75) is 155 Å². The molecule has 9 nitrogen and oxygen atoms in total. The predicted octanol–water partition coefficient (Wildman–Crippen LogP) is 9.55. The number of hydrogen-bond acceptors (Lipinski definition) is 8. The summed E-state index contributed by atoms with van der Waals surface area (Å²) in [4.78, 5) is 37.2. The number of likely N-dealkylation sites (N-methyl/N-ethyl adjacent to an activating group) is 1. The van der Waals surface area contributed by atoms with E-state index in [0.29, 0.717) is 17.4 Å². The number of phosphoric acid groups is 1. The van der Waals surface area contributed by atoms with E-state index >= 15 is 0 Å². The van der Waals surface area contributed by atoms with Crippen molar-refractivity contribution in [3.05, 3.63) is 36.5 Å². The summed E-state index contributed by atoms with van der Waals surface area (Å²) in [6.45, 7) is 4.11. The number of hydrogen-bond donors (Lipinski definition) is 0. The van der Waals surface area contributed by atoms with Crippen LogP contribution in [0.15, 0.2) is 36.5 Å². The SMILES string of the molecule is CCCCC/C=C/C/C=C/C/C=C/CCCCCCC(=O)O[C@H](COC(=O)CCCCCCCCCC)COP(=O)([O-])OCC[N+](C)(C)C. The molecule has 0 aliphatic carbocycles. The number of nitrogens with zero attached hydrogens (tertiary/aromatic N) is 1. The van der Waals surface area contributed by atoms with Gasteiger partial charge < -0.3 is 27.9 Å². The third kappa shape index (κ3) is 35.8. The molecule has 0 bridgehead atoms. The van der Waals surface area contributed by atoms with Crippen LogP contribution >= 0.6 is 7.82 Å². The number of carbonyl (C=O) groups is 2. The molecule has 1 unspecified atom stereocenters. The van der Waals surface area contributed by atoms with Crippen LogP contribution in [-0.2, 0) is 32.7 Å². The normalized spacial score (nSPS) is 14.2. The average Bonchev–Trinajstić information content (AvgIpc) is 3.04. The van der Waals surface area contributed by atoms with Crippen molar-refractivity contribution in [3.63, 3.8) is 0 Å². The highest BCUT2D eigenvalue weighted by molar-refractivity contribution is 7.45. The van der Waals surface area contributed by atoms with Crippen molar-refractivity contribution >= 4 is 19.8 Å². The van der Waals surface area contributed by atoms with E-state index in [2.05, 4.69) is 50.3 Å². The van der Waals surface area contributed by atoms with Gasteiger partial charge in [-0.3, -0.25) is 14.2 Å². The Bertz CT molecular complexity index is 944. The lowest BCUT2D eigenvalue weighted by Crippen LogP contribution is -2.37. The van der Waals surface area contributed by atoms with Crippen LogP contribution in [-0.4, -0.2) is 70.0 Å². The molecule has 0 aromatic carbocycles. The predicted molar refractivity (Wildman–Crippen MR) is 199 cm³/mol. The van der Waals surface area contributed by atoms with E-state index in [9.17, 15) is 19.0 Å². The number of phosphoric ester groups is 1. The van der Waals surface area contributed by atoms with Crippen molar-refractivity contribution in [3.8, 4) is 0 Å². The Morgan fingerprint density at radius 1 is 0.633 bits per heavy atom. The topological polar surface area (TPSA) is 111 Å². The highest BCUT2D eigenvalue weighted by Gasteiger charge is 2.21. The Morgan fingerprint density at radius 2 is 1.10 bits per heavy atom. The largest absolute Gasteiger partial charge is 0.756 e. The summed E-state index contributed by atoms with van der Waals surface area (Å²) in [5, 5.41) is 0. The molecule has 0 saturated heterocycles. The lowest BCUT2D eigenvalue weighted by Gasteiger charge is -2.28. The van der Waals surface area contributed by atoms with Gasteiger partial charge in [-0.25, -0.2) is 0 Å². The molecule has 0 rings (SSSR count). The van der Waals surface area contributed by atoms with Crippen LogP contribution < -0.4 is 4.89 Å². The van der Waals surface area contributed by atoms with Gasteiger partial charge in [-0.15, -0.1) is 0 Å². The van der Waals surface area contributed by atoms with E-state index in [1.807, 2.05) is 21.1 Å². The number of esters is 2. The molecule has 0 heterocycles. The zero-order valence-electron chi connectivity index (χ0n) is 31.9. The molecule has 0 aliphatic heterocycles. The second kappa shape index (κ2) is 32.2. The van der Waals surface area contributed by atoms with Crippen LogP contribution in [0.1, 0.15) is 149 Å². The highest BCUT2D eigenvalue weighted by Crippen LogP contribution is 2.38. The molecular weight excluding hydrogens is 641 g/mol. The standard InChI is InChI=1S/C39H72NO8P/c1-6-8-10-12-14-16-17-18-19-20-21-22-23-24-26-28-30-32-39(42)48-37(36-47-49(43,44)46-34-33-40(3,4)5)35-45-38(41)31-29-27-25-15-13-11-9-7-2/h14,16,18-19,21-22,37H,6-13,15,17,20,23-36H2,1-5H3/b16-14+,19-18+,22-21+/t37-/m1/s1. The van der Waals surface area contributed by atoms with E-state index in [4.69, 9.17) is 18.5 Å². The molecule has 0 radical (unpaired) electrons. The number of allylic oxidation sites excluding steroid dienone is 6. The van der Waals surface area contributed by atoms with Gasteiger partial charge in [0, 0.05) is 12.8 Å². The lowest BCUT2D eigenvalue weighted by molar-refractivity contribution is -0.870. The van der Waals surface area contributed by atoms with E-state index in [1.54, 1.807) is 0 Å². The summed E-state index contributed by atoms with van der Waals surface area (Å²) >= 11 is 0. The Morgan fingerprint density at radius 3 is 1.67 bits per heavy atom. The zero-order valence-corrected chi connectivity index (χ0v) is 32.8. The number of rotatable bonds is 34. The van der Waals surface area contributed by atoms with Crippen molar-refractivity contribution in [1.82, 2.24) is 0 Å². The molecule has 0 aliphatic rings. The summed E-state index contributed by atoms with van der Waals surface area (Å²) < 4.78 is 33.6. The number of quaternary nitrogens is 1. The number of carbonyl (C=O) groups excluding carboxylic acids is 2. The van der Waals surface area contributed by atoms with Crippen LogP contribution in [0.4, 0.5) is 0 Å². The monoisotopic (exact) mass is 713 g/mol. The molecule has 0 spiro atoms. The molecule has 2 atom stereocenters. The van der Waals surface area contributed by atoms with Gasteiger partial charge in [0.05, 0.1) is 27.7 Å². The van der Waals surface area contributed by atoms with Gasteiger partial charge in [-0.1, -0.05) is 121 Å². The molecule has 49 heavy (non-hydrogen) atoms. The molecule has 0 aromatic heterocycles. The third-order valence-electron chi connectivity index (χ3n) is 7.91. The van der Waals surface area contributed by atoms with Gasteiger partial charge in [0.15, 0.2) is 6.10 Å². The van der Waals surface area contributed by atoms with Gasteiger partial charge in [0.1, 0.15) is 19.8 Å². The van der Waals surface area contributed by atoms with Gasteiger partial charge >= 0.3 is 11.9 Å². The van der Waals surface area contributed by atoms with Gasteiger partial charge in [-0.05, 0) is 51.4 Å². The molecule has 0 amide bonds. The highest BCUT2D eigenvalue weighted by atomic mass is 31.2. The Hall–Kier alpha value is -1.77. The molecule has 0 aromatic rings. The lowest BCUT2D eigenvalue weighted by atomic mass is 10.1. The van der Waals surface area contributed by atoms with Gasteiger partial charge in [0.25, 0.3) is 7.82 Å². The van der Waals surface area contributed by atoms with E-state index < -0.39 is 32.5 Å². The number of unbranched alkanes of at least 4 members (excludes halogenated alkanes) is 14. The van der Waals surface area contributed by atoms with Gasteiger partial charge in [0.2, 0.25) is 0 Å². The van der Waals surface area contributed by atoms with Crippen LogP contribution in [0.25, 0.3) is 0 Å².